The van der Waals surface area contributed by atoms with E-state index in [1.807, 2.05) is 25.1 Å². The van der Waals surface area contributed by atoms with E-state index in [1.54, 1.807) is 23.0 Å². The first kappa shape index (κ1) is 21.2. The fraction of sp³-hybridized carbons (Fsp3) is 0.375. The first-order chi connectivity index (χ1) is 15.0. The van der Waals surface area contributed by atoms with Crippen molar-refractivity contribution in [1.29, 1.82) is 0 Å². The Hall–Kier alpha value is -3.06. The molecule has 1 aliphatic rings. The molecular weight excluding hydrogens is 397 g/mol. The van der Waals surface area contributed by atoms with E-state index >= 15 is 0 Å². The SMILES string of the molecule is CCOC(=O)[C@@H]1CCCN(Cc2cc3ccc(F)cc3n(Cc3ccncc3)c2=O)C1. The van der Waals surface area contributed by atoms with Crippen molar-refractivity contribution < 1.29 is 13.9 Å². The van der Waals surface area contributed by atoms with Gasteiger partial charge in [-0.15, -0.1) is 0 Å². The molecule has 6 nitrogen and oxygen atoms in total. The van der Waals surface area contributed by atoms with Gasteiger partial charge in [0.1, 0.15) is 5.82 Å². The van der Waals surface area contributed by atoms with Gasteiger partial charge in [-0.25, -0.2) is 4.39 Å². The summed E-state index contributed by atoms with van der Waals surface area (Å²) in [4.78, 5) is 31.7. The van der Waals surface area contributed by atoms with E-state index in [0.29, 0.717) is 37.3 Å². The maximum Gasteiger partial charge on any atom is 0.310 e. The number of rotatable bonds is 6. The lowest BCUT2D eigenvalue weighted by molar-refractivity contribution is -0.150. The van der Waals surface area contributed by atoms with Crippen molar-refractivity contribution in [2.75, 3.05) is 19.7 Å². The molecule has 1 fully saturated rings. The third-order valence-corrected chi connectivity index (χ3v) is 5.74. The molecule has 0 saturated carbocycles. The van der Waals surface area contributed by atoms with Crippen LogP contribution in [0, 0.1) is 11.7 Å². The molecule has 1 saturated heterocycles. The van der Waals surface area contributed by atoms with Crippen LogP contribution >= 0.6 is 0 Å². The molecule has 0 bridgehead atoms. The van der Waals surface area contributed by atoms with Crippen LogP contribution in [0.1, 0.15) is 30.9 Å². The molecule has 0 aliphatic carbocycles. The van der Waals surface area contributed by atoms with Crippen LogP contribution in [0.3, 0.4) is 0 Å². The summed E-state index contributed by atoms with van der Waals surface area (Å²) in [5.41, 5.74) is 1.97. The molecule has 0 spiro atoms. The number of likely N-dealkylation sites (tertiary alicyclic amines) is 1. The monoisotopic (exact) mass is 423 g/mol. The third kappa shape index (κ3) is 4.82. The van der Waals surface area contributed by atoms with Gasteiger partial charge in [0, 0.05) is 31.0 Å². The summed E-state index contributed by atoms with van der Waals surface area (Å²) in [5.74, 6) is -0.713. The van der Waals surface area contributed by atoms with E-state index in [9.17, 15) is 14.0 Å². The Morgan fingerprint density at radius 2 is 2.00 bits per heavy atom. The number of pyridine rings is 2. The van der Waals surface area contributed by atoms with Gasteiger partial charge in [0.25, 0.3) is 5.56 Å². The topological polar surface area (TPSA) is 64.4 Å². The predicted octanol–water partition coefficient (Wildman–Crippen LogP) is 3.36. The van der Waals surface area contributed by atoms with Gasteiger partial charge in [-0.3, -0.25) is 19.5 Å². The van der Waals surface area contributed by atoms with Gasteiger partial charge in [-0.1, -0.05) is 0 Å². The highest BCUT2D eigenvalue weighted by molar-refractivity contribution is 5.80. The van der Waals surface area contributed by atoms with Gasteiger partial charge in [-0.2, -0.15) is 0 Å². The number of halogens is 1. The van der Waals surface area contributed by atoms with E-state index in [2.05, 4.69) is 9.88 Å². The first-order valence-electron chi connectivity index (χ1n) is 10.6. The van der Waals surface area contributed by atoms with E-state index in [1.165, 1.54) is 12.1 Å². The number of fused-ring (bicyclic) bond motifs is 1. The number of esters is 1. The van der Waals surface area contributed by atoms with Crippen LogP contribution in [0.25, 0.3) is 10.9 Å². The molecule has 162 valence electrons. The lowest BCUT2D eigenvalue weighted by atomic mass is 9.97. The average Bonchev–Trinajstić information content (AvgIpc) is 2.78. The zero-order valence-corrected chi connectivity index (χ0v) is 17.6. The van der Waals surface area contributed by atoms with Crippen LogP contribution in [-0.2, 0) is 22.6 Å². The fourth-order valence-corrected chi connectivity index (χ4v) is 4.24. The highest BCUT2D eigenvalue weighted by Gasteiger charge is 2.27. The predicted molar refractivity (Wildman–Crippen MR) is 116 cm³/mol. The van der Waals surface area contributed by atoms with Crippen molar-refractivity contribution in [3.8, 4) is 0 Å². The minimum absolute atomic E-state index is 0.145. The molecule has 3 aromatic rings. The molecule has 2 aromatic heterocycles. The van der Waals surface area contributed by atoms with Crippen molar-refractivity contribution >= 4 is 16.9 Å². The number of carbonyl (C=O) groups is 1. The number of ether oxygens (including phenoxy) is 1. The highest BCUT2D eigenvalue weighted by Crippen LogP contribution is 2.21. The minimum atomic E-state index is -0.378. The Morgan fingerprint density at radius 3 is 2.77 bits per heavy atom. The second-order valence-electron chi connectivity index (χ2n) is 7.95. The van der Waals surface area contributed by atoms with Gasteiger partial charge >= 0.3 is 5.97 Å². The first-order valence-corrected chi connectivity index (χ1v) is 10.6. The van der Waals surface area contributed by atoms with Crippen LogP contribution < -0.4 is 5.56 Å². The summed E-state index contributed by atoms with van der Waals surface area (Å²) < 4.78 is 20.8. The van der Waals surface area contributed by atoms with Crippen molar-refractivity contribution in [2.24, 2.45) is 5.92 Å². The number of hydrogen-bond donors (Lipinski definition) is 0. The second kappa shape index (κ2) is 9.39. The Bertz CT molecular complexity index is 1130. The number of carbonyl (C=O) groups excluding carboxylic acids is 1. The Balaban J connectivity index is 1.66. The summed E-state index contributed by atoms with van der Waals surface area (Å²) in [5, 5.41) is 0.809. The van der Waals surface area contributed by atoms with Crippen LogP contribution in [0.15, 0.2) is 53.6 Å². The van der Waals surface area contributed by atoms with Gasteiger partial charge in [0.15, 0.2) is 0 Å². The maximum atomic E-state index is 14.0. The van der Waals surface area contributed by atoms with Gasteiger partial charge in [-0.05, 0) is 73.7 Å². The maximum absolute atomic E-state index is 14.0. The Morgan fingerprint density at radius 1 is 1.19 bits per heavy atom. The molecule has 1 aromatic carbocycles. The number of nitrogens with zero attached hydrogens (tertiary/aromatic N) is 3. The molecule has 0 N–H and O–H groups in total. The zero-order chi connectivity index (χ0) is 21.8. The summed E-state index contributed by atoms with van der Waals surface area (Å²) in [7, 11) is 0. The molecule has 1 aliphatic heterocycles. The number of hydrogen-bond acceptors (Lipinski definition) is 5. The second-order valence-corrected chi connectivity index (χ2v) is 7.95. The number of aromatic nitrogens is 2. The van der Waals surface area contributed by atoms with Crippen molar-refractivity contribution in [3.63, 3.8) is 0 Å². The number of benzene rings is 1. The molecule has 4 rings (SSSR count). The Kier molecular flexibility index (Phi) is 6.42. The normalized spacial score (nSPS) is 17.0. The number of piperidine rings is 1. The average molecular weight is 423 g/mol. The van der Waals surface area contributed by atoms with Crippen LogP contribution in [0.4, 0.5) is 4.39 Å². The molecule has 31 heavy (non-hydrogen) atoms. The van der Waals surface area contributed by atoms with Gasteiger partial charge < -0.3 is 9.30 Å². The molecular formula is C24H26FN3O3. The van der Waals surface area contributed by atoms with Crippen LogP contribution in [0.2, 0.25) is 0 Å². The summed E-state index contributed by atoms with van der Waals surface area (Å²) >= 11 is 0. The molecule has 0 amide bonds. The summed E-state index contributed by atoms with van der Waals surface area (Å²) in [6.07, 6.45) is 5.04. The van der Waals surface area contributed by atoms with Crippen LogP contribution in [0.5, 0.6) is 0 Å². The Labute approximate surface area is 180 Å². The van der Waals surface area contributed by atoms with E-state index in [4.69, 9.17) is 4.74 Å². The molecule has 1 atom stereocenters. The van der Waals surface area contributed by atoms with Gasteiger partial charge in [0.05, 0.1) is 24.6 Å². The fourth-order valence-electron chi connectivity index (χ4n) is 4.24. The zero-order valence-electron chi connectivity index (χ0n) is 17.6. The van der Waals surface area contributed by atoms with Gasteiger partial charge in [0.2, 0.25) is 0 Å². The smallest absolute Gasteiger partial charge is 0.310 e. The standard InChI is InChI=1S/C24H26FN3O3/c1-2-31-24(30)19-4-3-11-27(15-19)16-20-12-18-5-6-21(25)13-22(18)28(23(20)29)14-17-7-9-26-10-8-17/h5-10,12-13,19H,2-4,11,14-16H2,1H3/t19-/m1/s1. The summed E-state index contributed by atoms with van der Waals surface area (Å²) in [6, 6.07) is 10.0. The molecule has 3 heterocycles. The lowest BCUT2D eigenvalue weighted by Gasteiger charge is -2.31. The quantitative estimate of drug-likeness (QED) is 0.569. The molecule has 7 heteroatoms. The van der Waals surface area contributed by atoms with Crippen LogP contribution in [-0.4, -0.2) is 40.1 Å². The van der Waals surface area contributed by atoms with Crippen molar-refractivity contribution in [1.82, 2.24) is 14.5 Å². The minimum Gasteiger partial charge on any atom is -0.466 e. The third-order valence-electron chi connectivity index (χ3n) is 5.74. The molecule has 0 radical (unpaired) electrons. The molecule has 0 unspecified atom stereocenters. The van der Waals surface area contributed by atoms with Crippen molar-refractivity contribution in [2.45, 2.75) is 32.9 Å². The van der Waals surface area contributed by atoms with Crippen molar-refractivity contribution in [3.05, 3.63) is 76.1 Å². The highest BCUT2D eigenvalue weighted by atomic mass is 19.1. The van der Waals surface area contributed by atoms with E-state index in [-0.39, 0.29) is 23.3 Å². The van der Waals surface area contributed by atoms with E-state index in [0.717, 1.165) is 30.3 Å². The largest absolute Gasteiger partial charge is 0.466 e. The van der Waals surface area contributed by atoms with E-state index < -0.39 is 0 Å². The lowest BCUT2D eigenvalue weighted by Crippen LogP contribution is -2.40. The summed E-state index contributed by atoms with van der Waals surface area (Å²) in [6.45, 7) is 4.35.